The van der Waals surface area contributed by atoms with Gasteiger partial charge >= 0.3 is 0 Å². The molecule has 2 unspecified atom stereocenters. The first-order valence-corrected chi connectivity index (χ1v) is 17.4. The molecule has 0 radical (unpaired) electrons. The third-order valence-electron chi connectivity index (χ3n) is 10.0. The number of benzene rings is 3. The molecule has 50 heavy (non-hydrogen) atoms. The number of allylic oxidation sites excluding steroid dienone is 17. The summed E-state index contributed by atoms with van der Waals surface area (Å²) in [6.45, 7) is 8.24. The van der Waals surface area contributed by atoms with Crippen LogP contribution in [0, 0.1) is 18.3 Å². The number of aromatic nitrogens is 1. The molecule has 1 heterocycles. The van der Waals surface area contributed by atoms with Gasteiger partial charge in [0.15, 0.2) is 0 Å². The highest BCUT2D eigenvalue weighted by Gasteiger charge is 2.34. The molecule has 244 valence electrons. The van der Waals surface area contributed by atoms with Gasteiger partial charge in [-0.2, -0.15) is 0 Å². The Morgan fingerprint density at radius 1 is 0.820 bits per heavy atom. The number of aryl methyl sites for hydroxylation is 1. The zero-order chi connectivity index (χ0) is 34.5. The Kier molecular flexibility index (Phi) is 9.62. The summed E-state index contributed by atoms with van der Waals surface area (Å²) in [4.78, 5) is 4.25. The molecule has 0 saturated carbocycles. The van der Waals surface area contributed by atoms with E-state index in [1.54, 1.807) is 12.2 Å². The Morgan fingerprint density at radius 2 is 1.62 bits per heavy atom. The van der Waals surface area contributed by atoms with Crippen molar-refractivity contribution in [3.05, 3.63) is 215 Å². The number of nitrogens with one attached hydrogen (secondary N) is 1. The summed E-state index contributed by atoms with van der Waals surface area (Å²) in [5.41, 5.74) is 17.1. The standard InChI is InChI=1S/C37H33N.C11H9N/c1-4-5-13-37(38)27-10-8-9-26(14-15-27)29-20-24(2)21-30(22-29)33-19-18-32-28-16-17-31(33)25(3)36(23-28)35-12-7-6-11-34(32)35;1-2-6-10(7-3-1)11-8-4-5-9-12-11/h4-8,10-22,28,36,38H,1,9,23H2,2-3H3;1-9H/b13-5-,32-18+,33-19-,38-37?;. The Morgan fingerprint density at radius 3 is 2.44 bits per heavy atom. The van der Waals surface area contributed by atoms with Gasteiger partial charge in [0.2, 0.25) is 0 Å². The van der Waals surface area contributed by atoms with Crippen molar-refractivity contribution in [3.63, 3.8) is 0 Å². The number of hydrogen-bond acceptors (Lipinski definition) is 2. The SMILES string of the molecule is C=C/C=C\C(=N)C1=CC=C(c2cc(C)cc(/C3=C/C=C4/c5ccccc5C5CC4C=CC3=C5C)c2)CC=C1.c1ccc(-c2ccccn2)cc1. The molecule has 1 N–H and O–H groups in total. The summed E-state index contributed by atoms with van der Waals surface area (Å²) >= 11 is 0. The van der Waals surface area contributed by atoms with Crippen LogP contribution >= 0.6 is 0 Å². The van der Waals surface area contributed by atoms with E-state index < -0.39 is 0 Å². The van der Waals surface area contributed by atoms with E-state index in [4.69, 9.17) is 5.41 Å². The predicted molar refractivity (Wildman–Crippen MR) is 213 cm³/mol. The first-order valence-electron chi connectivity index (χ1n) is 17.4. The van der Waals surface area contributed by atoms with Crippen LogP contribution in [0.25, 0.3) is 28.0 Å². The molecule has 0 saturated heterocycles. The maximum atomic E-state index is 8.36. The molecular formula is C48H42N2. The Bertz CT molecular complexity index is 2160. The van der Waals surface area contributed by atoms with E-state index in [1.807, 2.05) is 54.7 Å². The van der Waals surface area contributed by atoms with E-state index in [1.165, 1.54) is 55.7 Å². The van der Waals surface area contributed by atoms with E-state index in [9.17, 15) is 0 Å². The number of pyridine rings is 1. The molecule has 2 heteroatoms. The van der Waals surface area contributed by atoms with Crippen LogP contribution < -0.4 is 0 Å². The zero-order valence-corrected chi connectivity index (χ0v) is 28.8. The fourth-order valence-corrected chi connectivity index (χ4v) is 7.47. The molecule has 8 rings (SSSR count). The first kappa shape index (κ1) is 32.7. The smallest absolute Gasteiger partial charge is 0.0701 e. The third-order valence-corrected chi connectivity index (χ3v) is 10.0. The van der Waals surface area contributed by atoms with Crippen LogP contribution in [0.1, 0.15) is 53.5 Å². The van der Waals surface area contributed by atoms with Crippen molar-refractivity contribution < 1.29 is 0 Å². The van der Waals surface area contributed by atoms with Crippen LogP contribution in [0.4, 0.5) is 0 Å². The Labute approximate surface area is 296 Å². The average Bonchev–Trinajstić information content (AvgIpc) is 3.45. The van der Waals surface area contributed by atoms with Gasteiger partial charge in [0.25, 0.3) is 0 Å². The van der Waals surface area contributed by atoms with Crippen LogP contribution in [0.5, 0.6) is 0 Å². The quantitative estimate of drug-likeness (QED) is 0.164. The predicted octanol–water partition coefficient (Wildman–Crippen LogP) is 12.2. The molecule has 1 aromatic heterocycles. The minimum absolute atomic E-state index is 0.452. The van der Waals surface area contributed by atoms with Crippen LogP contribution in [-0.2, 0) is 0 Å². The lowest BCUT2D eigenvalue weighted by Crippen LogP contribution is -2.16. The maximum absolute atomic E-state index is 8.36. The minimum Gasteiger partial charge on any atom is -0.300 e. The van der Waals surface area contributed by atoms with E-state index in [0.717, 1.165) is 29.7 Å². The second kappa shape index (κ2) is 14.7. The molecule has 2 atom stereocenters. The van der Waals surface area contributed by atoms with Gasteiger partial charge in [-0.05, 0) is 107 Å². The molecular weight excluding hydrogens is 605 g/mol. The van der Waals surface area contributed by atoms with Gasteiger partial charge in [-0.15, -0.1) is 0 Å². The van der Waals surface area contributed by atoms with Gasteiger partial charge in [-0.1, -0.05) is 146 Å². The van der Waals surface area contributed by atoms with Crippen LogP contribution in [-0.4, -0.2) is 10.7 Å². The second-order valence-corrected chi connectivity index (χ2v) is 13.2. The van der Waals surface area contributed by atoms with E-state index >= 15 is 0 Å². The zero-order valence-electron chi connectivity index (χ0n) is 28.8. The highest BCUT2D eigenvalue weighted by atomic mass is 14.7. The van der Waals surface area contributed by atoms with Crippen LogP contribution in [0.15, 0.2) is 187 Å². The molecule has 4 aliphatic carbocycles. The number of fused-ring (bicyclic) bond motifs is 5. The van der Waals surface area contributed by atoms with Crippen molar-refractivity contribution >= 4 is 22.4 Å². The largest absolute Gasteiger partial charge is 0.300 e. The molecule has 4 aliphatic rings. The van der Waals surface area contributed by atoms with Gasteiger partial charge in [0, 0.05) is 23.6 Å². The molecule has 0 aliphatic heterocycles. The summed E-state index contributed by atoms with van der Waals surface area (Å²) in [5, 5.41) is 8.36. The van der Waals surface area contributed by atoms with E-state index in [0.29, 0.717) is 17.5 Å². The summed E-state index contributed by atoms with van der Waals surface area (Å²) < 4.78 is 0. The average molecular weight is 647 g/mol. The number of hydrogen-bond donors (Lipinski definition) is 1. The second-order valence-electron chi connectivity index (χ2n) is 13.2. The van der Waals surface area contributed by atoms with Crippen LogP contribution in [0.2, 0.25) is 0 Å². The monoisotopic (exact) mass is 646 g/mol. The maximum Gasteiger partial charge on any atom is 0.0701 e. The van der Waals surface area contributed by atoms with Gasteiger partial charge in [0.1, 0.15) is 0 Å². The summed E-state index contributed by atoms with van der Waals surface area (Å²) in [6, 6.07) is 32.0. The van der Waals surface area contributed by atoms with Gasteiger partial charge in [0.05, 0.1) is 11.4 Å². The summed E-state index contributed by atoms with van der Waals surface area (Å²) in [6.07, 6.45) is 27.1. The van der Waals surface area contributed by atoms with E-state index in [-0.39, 0.29) is 0 Å². The number of rotatable bonds is 6. The third kappa shape index (κ3) is 6.84. The van der Waals surface area contributed by atoms with Gasteiger partial charge < -0.3 is 5.41 Å². The first-order chi connectivity index (χ1) is 24.5. The van der Waals surface area contributed by atoms with E-state index in [2.05, 4.69) is 123 Å². The fraction of sp³-hybridized carbons (Fsp3) is 0.125. The molecule has 0 amide bonds. The summed E-state index contributed by atoms with van der Waals surface area (Å²) in [5.74, 6) is 0.921. The Hall–Kier alpha value is -5.86. The van der Waals surface area contributed by atoms with Crippen molar-refractivity contribution in [1.82, 2.24) is 4.98 Å². The van der Waals surface area contributed by atoms with Crippen molar-refractivity contribution in [3.8, 4) is 11.3 Å². The van der Waals surface area contributed by atoms with Crippen LogP contribution in [0.3, 0.4) is 0 Å². The molecule has 0 spiro atoms. The van der Waals surface area contributed by atoms with Crippen molar-refractivity contribution in [2.45, 2.75) is 32.6 Å². The number of nitrogens with zero attached hydrogens (tertiary/aromatic N) is 1. The van der Waals surface area contributed by atoms with Crippen molar-refractivity contribution in [2.75, 3.05) is 0 Å². The lowest BCUT2D eigenvalue weighted by molar-refractivity contribution is 0.620. The normalized spacial score (nSPS) is 20.8. The van der Waals surface area contributed by atoms with Gasteiger partial charge in [-0.25, -0.2) is 0 Å². The highest BCUT2D eigenvalue weighted by Crippen LogP contribution is 2.51. The minimum atomic E-state index is 0.452. The topological polar surface area (TPSA) is 36.7 Å². The van der Waals surface area contributed by atoms with Crippen molar-refractivity contribution in [2.24, 2.45) is 5.92 Å². The lowest BCUT2D eigenvalue weighted by Gasteiger charge is -2.32. The van der Waals surface area contributed by atoms with Crippen molar-refractivity contribution in [1.29, 1.82) is 5.41 Å². The lowest BCUT2D eigenvalue weighted by atomic mass is 9.72. The highest BCUT2D eigenvalue weighted by molar-refractivity contribution is 6.08. The molecule has 0 fully saturated rings. The molecule has 3 bridgehead atoms. The molecule has 2 nitrogen and oxygen atoms in total. The fourth-order valence-electron chi connectivity index (χ4n) is 7.47. The summed E-state index contributed by atoms with van der Waals surface area (Å²) in [7, 11) is 0. The molecule has 4 aromatic rings. The van der Waals surface area contributed by atoms with Gasteiger partial charge in [-0.3, -0.25) is 4.98 Å². The Balaban J connectivity index is 0.000000275. The molecule has 3 aromatic carbocycles.